The fraction of sp³-hybridized carbons (Fsp3) is 0.250. The van der Waals surface area contributed by atoms with Crippen LogP contribution in [0.4, 0.5) is 0 Å². The van der Waals surface area contributed by atoms with Crippen molar-refractivity contribution in [2.75, 3.05) is 6.54 Å². The second-order valence-electron chi connectivity index (χ2n) is 3.98. The Morgan fingerprint density at radius 2 is 2.25 bits per heavy atom. The second kappa shape index (κ2) is 5.91. The van der Waals surface area contributed by atoms with Crippen LogP contribution in [0.25, 0.3) is 0 Å². The number of pyridine rings is 1. The van der Waals surface area contributed by atoms with E-state index in [4.69, 9.17) is 9.63 Å². The third-order valence-corrected chi connectivity index (χ3v) is 2.44. The fourth-order valence-electron chi connectivity index (χ4n) is 1.52. The number of aromatic carboxylic acids is 1. The highest BCUT2D eigenvalue weighted by Crippen LogP contribution is 2.02. The highest BCUT2D eigenvalue weighted by atomic mass is 16.5. The largest absolute Gasteiger partial charge is 0.477 e. The van der Waals surface area contributed by atoms with Gasteiger partial charge in [-0.3, -0.25) is 4.79 Å². The molecule has 0 bridgehead atoms. The van der Waals surface area contributed by atoms with E-state index in [0.717, 1.165) is 0 Å². The maximum absolute atomic E-state index is 11.8. The molecule has 0 aliphatic carbocycles. The number of rotatable bonds is 5. The third kappa shape index (κ3) is 3.37. The fourth-order valence-corrected chi connectivity index (χ4v) is 1.52. The molecule has 0 saturated carbocycles. The third-order valence-electron chi connectivity index (χ3n) is 2.44. The zero-order valence-electron chi connectivity index (χ0n) is 10.7. The lowest BCUT2D eigenvalue weighted by Gasteiger charge is -2.03. The van der Waals surface area contributed by atoms with Crippen molar-refractivity contribution in [1.82, 2.24) is 20.4 Å². The molecule has 2 heterocycles. The number of aromatic nitrogens is 3. The summed E-state index contributed by atoms with van der Waals surface area (Å²) in [6.45, 7) is 2.02. The van der Waals surface area contributed by atoms with Gasteiger partial charge < -0.3 is 14.9 Å². The Morgan fingerprint density at radius 1 is 1.45 bits per heavy atom. The molecule has 0 aliphatic heterocycles. The summed E-state index contributed by atoms with van der Waals surface area (Å²) < 4.78 is 4.90. The lowest BCUT2D eigenvalue weighted by Crippen LogP contribution is -2.26. The Bertz CT molecular complexity index is 638. The number of nitrogens with zero attached hydrogens (tertiary/aromatic N) is 3. The molecule has 8 heteroatoms. The lowest BCUT2D eigenvalue weighted by atomic mass is 10.2. The lowest BCUT2D eigenvalue weighted by molar-refractivity contribution is 0.0690. The maximum atomic E-state index is 11.8. The molecule has 0 aliphatic rings. The van der Waals surface area contributed by atoms with Crippen molar-refractivity contribution in [2.45, 2.75) is 13.3 Å². The molecule has 8 nitrogen and oxygen atoms in total. The Balaban J connectivity index is 1.91. The predicted molar refractivity (Wildman–Crippen MR) is 66.3 cm³/mol. The summed E-state index contributed by atoms with van der Waals surface area (Å²) in [7, 11) is 0. The molecule has 0 spiro atoms. The van der Waals surface area contributed by atoms with Gasteiger partial charge in [-0.1, -0.05) is 5.16 Å². The molecule has 20 heavy (non-hydrogen) atoms. The van der Waals surface area contributed by atoms with Crippen LogP contribution in [-0.4, -0.2) is 38.7 Å². The van der Waals surface area contributed by atoms with E-state index in [-0.39, 0.29) is 17.2 Å². The Morgan fingerprint density at radius 3 is 2.90 bits per heavy atom. The van der Waals surface area contributed by atoms with Crippen LogP contribution in [0.2, 0.25) is 0 Å². The number of amides is 1. The smallest absolute Gasteiger partial charge is 0.354 e. The van der Waals surface area contributed by atoms with Crippen LogP contribution in [0, 0.1) is 6.92 Å². The van der Waals surface area contributed by atoms with Gasteiger partial charge in [0.1, 0.15) is 5.69 Å². The summed E-state index contributed by atoms with van der Waals surface area (Å²) in [4.78, 5) is 30.2. The van der Waals surface area contributed by atoms with E-state index >= 15 is 0 Å². The van der Waals surface area contributed by atoms with Crippen LogP contribution in [0.5, 0.6) is 0 Å². The molecular weight excluding hydrogens is 264 g/mol. The molecule has 0 fully saturated rings. The van der Waals surface area contributed by atoms with Crippen molar-refractivity contribution in [3.63, 3.8) is 0 Å². The number of nitrogens with one attached hydrogen (secondary N) is 1. The minimum Gasteiger partial charge on any atom is -0.477 e. The van der Waals surface area contributed by atoms with Crippen molar-refractivity contribution >= 4 is 11.9 Å². The molecular formula is C12H12N4O4. The van der Waals surface area contributed by atoms with Gasteiger partial charge in [0.15, 0.2) is 5.82 Å². The van der Waals surface area contributed by atoms with Gasteiger partial charge in [0.05, 0.1) is 0 Å². The standard InChI is InChI=1S/C12H12N4O4/c1-7-15-10(20-16-7)3-5-14-11(17)8-2-4-13-9(6-8)12(18)19/h2,4,6H,3,5H2,1H3,(H,14,17)(H,18,19). The Hall–Kier alpha value is -2.77. The SMILES string of the molecule is Cc1noc(CCNC(=O)c2ccnc(C(=O)O)c2)n1. The van der Waals surface area contributed by atoms with E-state index in [2.05, 4.69) is 20.4 Å². The summed E-state index contributed by atoms with van der Waals surface area (Å²) in [5, 5.41) is 15.1. The van der Waals surface area contributed by atoms with Crippen LogP contribution >= 0.6 is 0 Å². The molecule has 2 aromatic heterocycles. The molecule has 0 radical (unpaired) electrons. The molecule has 0 atom stereocenters. The molecule has 2 rings (SSSR count). The summed E-state index contributed by atoms with van der Waals surface area (Å²) in [5.41, 5.74) is 0.0595. The number of aryl methyl sites for hydroxylation is 1. The maximum Gasteiger partial charge on any atom is 0.354 e. The number of carboxylic acids is 1. The van der Waals surface area contributed by atoms with E-state index in [1.54, 1.807) is 6.92 Å². The first-order chi connectivity index (χ1) is 9.56. The van der Waals surface area contributed by atoms with Gasteiger partial charge >= 0.3 is 5.97 Å². The van der Waals surface area contributed by atoms with E-state index in [1.807, 2.05) is 0 Å². The number of hydrogen-bond donors (Lipinski definition) is 2. The molecule has 104 valence electrons. The summed E-state index contributed by atoms with van der Waals surface area (Å²) in [5.74, 6) is -0.595. The number of carbonyl (C=O) groups is 2. The van der Waals surface area contributed by atoms with Gasteiger partial charge in [0.25, 0.3) is 5.91 Å². The van der Waals surface area contributed by atoms with Crippen LogP contribution in [0.15, 0.2) is 22.9 Å². The van der Waals surface area contributed by atoms with Gasteiger partial charge in [0, 0.05) is 24.7 Å². The first kappa shape index (κ1) is 13.7. The molecule has 2 aromatic rings. The highest BCUT2D eigenvalue weighted by molar-refractivity contribution is 5.96. The molecule has 1 amide bonds. The average Bonchev–Trinajstić information content (AvgIpc) is 2.84. The van der Waals surface area contributed by atoms with Gasteiger partial charge in [0.2, 0.25) is 5.89 Å². The average molecular weight is 276 g/mol. The molecule has 0 aromatic carbocycles. The zero-order valence-corrected chi connectivity index (χ0v) is 10.7. The highest BCUT2D eigenvalue weighted by Gasteiger charge is 2.11. The summed E-state index contributed by atoms with van der Waals surface area (Å²) >= 11 is 0. The van der Waals surface area contributed by atoms with Crippen LogP contribution in [0.3, 0.4) is 0 Å². The van der Waals surface area contributed by atoms with Gasteiger partial charge in [-0.2, -0.15) is 4.98 Å². The first-order valence-corrected chi connectivity index (χ1v) is 5.83. The molecule has 0 unspecified atom stereocenters. The van der Waals surface area contributed by atoms with E-state index in [0.29, 0.717) is 24.7 Å². The van der Waals surface area contributed by atoms with Crippen molar-refractivity contribution in [1.29, 1.82) is 0 Å². The van der Waals surface area contributed by atoms with Crippen molar-refractivity contribution < 1.29 is 19.2 Å². The monoisotopic (exact) mass is 276 g/mol. The minimum atomic E-state index is -1.18. The number of carboxylic acid groups (broad SMARTS) is 1. The Labute approximate surface area is 113 Å². The van der Waals surface area contributed by atoms with Crippen molar-refractivity contribution in [3.05, 3.63) is 41.3 Å². The van der Waals surface area contributed by atoms with Gasteiger partial charge in [-0.15, -0.1) is 0 Å². The van der Waals surface area contributed by atoms with Crippen molar-refractivity contribution in [3.8, 4) is 0 Å². The van der Waals surface area contributed by atoms with Crippen LogP contribution < -0.4 is 5.32 Å². The number of carbonyl (C=O) groups excluding carboxylic acids is 1. The predicted octanol–water partition coefficient (Wildman–Crippen LogP) is 0.444. The summed E-state index contributed by atoms with van der Waals surface area (Å²) in [6.07, 6.45) is 1.68. The van der Waals surface area contributed by atoms with E-state index in [1.165, 1.54) is 18.3 Å². The van der Waals surface area contributed by atoms with Crippen LogP contribution in [0.1, 0.15) is 32.6 Å². The zero-order chi connectivity index (χ0) is 14.5. The van der Waals surface area contributed by atoms with Crippen LogP contribution in [-0.2, 0) is 6.42 Å². The normalized spacial score (nSPS) is 10.2. The Kier molecular flexibility index (Phi) is 4.04. The minimum absolute atomic E-state index is 0.176. The number of hydrogen-bond acceptors (Lipinski definition) is 6. The van der Waals surface area contributed by atoms with Crippen molar-refractivity contribution in [2.24, 2.45) is 0 Å². The van der Waals surface area contributed by atoms with Gasteiger partial charge in [-0.05, 0) is 19.1 Å². The topological polar surface area (TPSA) is 118 Å². The van der Waals surface area contributed by atoms with E-state index in [9.17, 15) is 9.59 Å². The first-order valence-electron chi connectivity index (χ1n) is 5.83. The van der Waals surface area contributed by atoms with Gasteiger partial charge in [-0.25, -0.2) is 9.78 Å². The molecule has 2 N–H and O–H groups in total. The van der Waals surface area contributed by atoms with E-state index < -0.39 is 5.97 Å². The molecule has 0 saturated heterocycles. The summed E-state index contributed by atoms with van der Waals surface area (Å²) in [6, 6.07) is 2.66. The second-order valence-corrected chi connectivity index (χ2v) is 3.98. The quantitative estimate of drug-likeness (QED) is 0.813.